The maximum atomic E-state index is 12.5. The van der Waals surface area contributed by atoms with Gasteiger partial charge in [0.25, 0.3) is 5.91 Å². The van der Waals surface area contributed by atoms with Crippen LogP contribution in [-0.2, 0) is 0 Å². The third-order valence-electron chi connectivity index (χ3n) is 4.63. The molecule has 1 aliphatic heterocycles. The lowest BCUT2D eigenvalue weighted by molar-refractivity contribution is 0.0708. The molecule has 1 aromatic rings. The number of carbonyl (C=O) groups is 1. The van der Waals surface area contributed by atoms with Gasteiger partial charge in [-0.2, -0.15) is 0 Å². The van der Waals surface area contributed by atoms with Gasteiger partial charge >= 0.3 is 0 Å². The number of piperidine rings is 1. The standard InChI is InChI=1S/C21H29ClN2O/c1-3-14-23(2)15-6-4-5-7-18-12-16-24(17-13-18)21(25)19-8-10-20(22)11-9-19/h8-11,18H,3-4,6,12-17H2,1-2H3. The van der Waals surface area contributed by atoms with Crippen LogP contribution in [0.25, 0.3) is 0 Å². The molecule has 4 heteroatoms. The van der Waals surface area contributed by atoms with Gasteiger partial charge in [-0.15, -0.1) is 5.92 Å². The number of unbranched alkanes of at least 4 members (excludes halogenated alkanes) is 1. The number of rotatable bonds is 6. The minimum atomic E-state index is 0.0991. The van der Waals surface area contributed by atoms with E-state index in [-0.39, 0.29) is 5.91 Å². The van der Waals surface area contributed by atoms with Crippen LogP contribution in [0.1, 0.15) is 49.4 Å². The van der Waals surface area contributed by atoms with E-state index >= 15 is 0 Å². The number of amides is 1. The van der Waals surface area contributed by atoms with Crippen molar-refractivity contribution in [2.45, 2.75) is 39.0 Å². The molecule has 1 amide bonds. The van der Waals surface area contributed by atoms with E-state index in [1.54, 1.807) is 24.3 Å². The number of hydrogen-bond acceptors (Lipinski definition) is 2. The van der Waals surface area contributed by atoms with Gasteiger partial charge in [0, 0.05) is 36.0 Å². The second-order valence-electron chi connectivity index (χ2n) is 6.80. The SMILES string of the molecule is CCCN(C)CCCC#CC1CCN(C(=O)c2ccc(Cl)cc2)CC1. The Bertz CT molecular complexity index is 595. The first-order chi connectivity index (χ1) is 12.1. The quantitative estimate of drug-likeness (QED) is 0.557. The monoisotopic (exact) mass is 360 g/mol. The first-order valence-electron chi connectivity index (χ1n) is 9.32. The summed E-state index contributed by atoms with van der Waals surface area (Å²) in [6.45, 7) is 6.07. The van der Waals surface area contributed by atoms with Gasteiger partial charge in [0.1, 0.15) is 0 Å². The van der Waals surface area contributed by atoms with Gasteiger partial charge in [0.05, 0.1) is 0 Å². The zero-order chi connectivity index (χ0) is 18.1. The van der Waals surface area contributed by atoms with E-state index in [0.717, 1.165) is 51.9 Å². The number of likely N-dealkylation sites (tertiary alicyclic amines) is 1. The Kier molecular flexibility index (Phi) is 8.31. The van der Waals surface area contributed by atoms with Crippen molar-refractivity contribution >= 4 is 17.5 Å². The molecule has 0 spiro atoms. The summed E-state index contributed by atoms with van der Waals surface area (Å²) < 4.78 is 0. The fourth-order valence-electron chi connectivity index (χ4n) is 3.15. The maximum Gasteiger partial charge on any atom is 0.253 e. The first kappa shape index (κ1) is 19.8. The van der Waals surface area contributed by atoms with Crippen molar-refractivity contribution in [3.8, 4) is 11.8 Å². The maximum absolute atomic E-state index is 12.5. The van der Waals surface area contributed by atoms with Crippen molar-refractivity contribution < 1.29 is 4.79 Å². The lowest BCUT2D eigenvalue weighted by atomic mass is 9.96. The van der Waals surface area contributed by atoms with E-state index in [1.807, 2.05) is 4.90 Å². The molecule has 2 rings (SSSR count). The van der Waals surface area contributed by atoms with E-state index in [4.69, 9.17) is 11.6 Å². The van der Waals surface area contributed by atoms with Gasteiger partial charge in [-0.25, -0.2) is 0 Å². The van der Waals surface area contributed by atoms with Crippen molar-refractivity contribution in [2.75, 3.05) is 33.2 Å². The Morgan fingerprint density at radius 3 is 2.56 bits per heavy atom. The largest absolute Gasteiger partial charge is 0.339 e. The number of nitrogens with zero attached hydrogens (tertiary/aromatic N) is 2. The summed E-state index contributed by atoms with van der Waals surface area (Å²) in [6.07, 6.45) is 5.26. The zero-order valence-corrected chi connectivity index (χ0v) is 16.2. The molecule has 0 unspecified atom stereocenters. The molecule has 3 nitrogen and oxygen atoms in total. The van der Waals surface area contributed by atoms with Crippen LogP contribution >= 0.6 is 11.6 Å². The third-order valence-corrected chi connectivity index (χ3v) is 4.88. The molecular formula is C21H29ClN2O. The second-order valence-corrected chi connectivity index (χ2v) is 7.24. The minimum absolute atomic E-state index is 0.0991. The van der Waals surface area contributed by atoms with Crippen LogP contribution in [0.2, 0.25) is 5.02 Å². The van der Waals surface area contributed by atoms with E-state index in [1.165, 1.54) is 6.42 Å². The predicted molar refractivity (Wildman–Crippen MR) is 105 cm³/mol. The van der Waals surface area contributed by atoms with Crippen LogP contribution in [0.4, 0.5) is 0 Å². The van der Waals surface area contributed by atoms with Crippen LogP contribution in [0.5, 0.6) is 0 Å². The van der Waals surface area contributed by atoms with Gasteiger partial charge in [-0.3, -0.25) is 4.79 Å². The Balaban J connectivity index is 1.70. The highest BCUT2D eigenvalue weighted by atomic mass is 35.5. The fraction of sp³-hybridized carbons (Fsp3) is 0.571. The first-order valence-corrected chi connectivity index (χ1v) is 9.69. The predicted octanol–water partition coefficient (Wildman–Crippen LogP) is 4.32. The lowest BCUT2D eigenvalue weighted by Crippen LogP contribution is -2.38. The normalized spacial score (nSPS) is 15.1. The molecular weight excluding hydrogens is 332 g/mol. The van der Waals surface area contributed by atoms with Gasteiger partial charge in [-0.05, 0) is 70.1 Å². The van der Waals surface area contributed by atoms with Crippen LogP contribution in [0.3, 0.4) is 0 Å². The molecule has 0 aromatic heterocycles. The Morgan fingerprint density at radius 1 is 1.24 bits per heavy atom. The molecule has 0 saturated carbocycles. The highest BCUT2D eigenvalue weighted by Crippen LogP contribution is 2.19. The second kappa shape index (κ2) is 10.5. The summed E-state index contributed by atoms with van der Waals surface area (Å²) in [5, 5.41) is 0.659. The topological polar surface area (TPSA) is 23.6 Å². The summed E-state index contributed by atoms with van der Waals surface area (Å²) in [7, 11) is 2.17. The smallest absolute Gasteiger partial charge is 0.253 e. The van der Waals surface area contributed by atoms with E-state index in [0.29, 0.717) is 16.5 Å². The highest BCUT2D eigenvalue weighted by molar-refractivity contribution is 6.30. The van der Waals surface area contributed by atoms with Crippen molar-refractivity contribution in [1.29, 1.82) is 0 Å². The molecule has 1 fully saturated rings. The van der Waals surface area contributed by atoms with Gasteiger partial charge in [0.2, 0.25) is 0 Å². The number of carbonyl (C=O) groups excluding carboxylic acids is 1. The Hall–Kier alpha value is -1.50. The molecule has 25 heavy (non-hydrogen) atoms. The van der Waals surface area contributed by atoms with E-state index in [9.17, 15) is 4.79 Å². The Labute approximate surface area is 157 Å². The average Bonchev–Trinajstić information content (AvgIpc) is 2.62. The van der Waals surface area contributed by atoms with Crippen molar-refractivity contribution in [3.63, 3.8) is 0 Å². The van der Waals surface area contributed by atoms with Gasteiger partial charge in [-0.1, -0.05) is 24.4 Å². The van der Waals surface area contributed by atoms with Crippen molar-refractivity contribution in [2.24, 2.45) is 5.92 Å². The number of benzene rings is 1. The fourth-order valence-corrected chi connectivity index (χ4v) is 3.28. The summed E-state index contributed by atoms with van der Waals surface area (Å²) in [5.74, 6) is 7.28. The van der Waals surface area contributed by atoms with Gasteiger partial charge in [0.15, 0.2) is 0 Å². The van der Waals surface area contributed by atoms with Gasteiger partial charge < -0.3 is 9.80 Å². The van der Waals surface area contributed by atoms with Crippen LogP contribution in [-0.4, -0.2) is 48.9 Å². The molecule has 1 aromatic carbocycles. The van der Waals surface area contributed by atoms with Crippen LogP contribution in [0.15, 0.2) is 24.3 Å². The zero-order valence-electron chi connectivity index (χ0n) is 15.4. The molecule has 0 bridgehead atoms. The average molecular weight is 361 g/mol. The highest BCUT2D eigenvalue weighted by Gasteiger charge is 2.22. The van der Waals surface area contributed by atoms with E-state index in [2.05, 4.69) is 30.7 Å². The summed E-state index contributed by atoms with van der Waals surface area (Å²) >= 11 is 5.88. The van der Waals surface area contributed by atoms with Crippen LogP contribution < -0.4 is 0 Å². The lowest BCUT2D eigenvalue weighted by Gasteiger charge is -2.30. The molecule has 136 valence electrons. The number of hydrogen-bond donors (Lipinski definition) is 0. The summed E-state index contributed by atoms with van der Waals surface area (Å²) in [4.78, 5) is 16.8. The summed E-state index contributed by atoms with van der Waals surface area (Å²) in [6, 6.07) is 7.13. The van der Waals surface area contributed by atoms with Crippen molar-refractivity contribution in [1.82, 2.24) is 9.80 Å². The Morgan fingerprint density at radius 2 is 1.92 bits per heavy atom. The molecule has 0 radical (unpaired) electrons. The molecule has 0 N–H and O–H groups in total. The van der Waals surface area contributed by atoms with Crippen LogP contribution in [0, 0.1) is 17.8 Å². The molecule has 1 aliphatic rings. The van der Waals surface area contributed by atoms with Crippen molar-refractivity contribution in [3.05, 3.63) is 34.9 Å². The summed E-state index contributed by atoms with van der Waals surface area (Å²) in [5.41, 5.74) is 0.713. The molecule has 0 atom stereocenters. The molecule has 1 heterocycles. The van der Waals surface area contributed by atoms with E-state index < -0.39 is 0 Å². The third kappa shape index (κ3) is 6.72. The minimum Gasteiger partial charge on any atom is -0.339 e. The molecule has 1 saturated heterocycles. The molecule has 0 aliphatic carbocycles. The number of halogens is 1.